The van der Waals surface area contributed by atoms with Crippen LogP contribution in [0.5, 0.6) is 0 Å². The Morgan fingerprint density at radius 1 is 1.16 bits per heavy atom. The molecule has 1 aromatic rings. The van der Waals surface area contributed by atoms with Crippen LogP contribution >= 0.6 is 15.9 Å². The number of allylic oxidation sites excluding steroid dienone is 2. The van der Waals surface area contributed by atoms with Gasteiger partial charge < -0.3 is 10.4 Å². The first-order chi connectivity index (χ1) is 11.8. The lowest BCUT2D eigenvalue weighted by Crippen LogP contribution is -2.40. The van der Waals surface area contributed by atoms with Gasteiger partial charge in [-0.3, -0.25) is 9.59 Å². The van der Waals surface area contributed by atoms with Gasteiger partial charge in [0.25, 0.3) is 0 Å². The minimum Gasteiger partial charge on any atom is -0.481 e. The standard InChI is InChI=1S/C18H16BrF2NO3/c19-11-6-12(20)8(5-13(11)21)7-22-16(23)14-9-1-2-10(15(14)17(24)25)18(9)3-4-18/h1-2,5-6,9-10,14-15H,3-4,7H2,(H,22,23)(H,24,25)/t9-,10+,14?,15+/m0/s1. The van der Waals surface area contributed by atoms with E-state index in [-0.39, 0.29) is 33.8 Å². The number of amides is 1. The Hall–Kier alpha value is -1.76. The number of aliphatic carboxylic acids is 1. The number of carbonyl (C=O) groups is 2. The van der Waals surface area contributed by atoms with E-state index in [1.54, 1.807) is 0 Å². The Kier molecular flexibility index (Phi) is 3.76. The van der Waals surface area contributed by atoms with Crippen molar-refractivity contribution in [2.45, 2.75) is 19.4 Å². The van der Waals surface area contributed by atoms with Gasteiger partial charge in [0.1, 0.15) is 11.6 Å². The van der Waals surface area contributed by atoms with Gasteiger partial charge in [-0.05, 0) is 58.2 Å². The van der Waals surface area contributed by atoms with Crippen LogP contribution in [0.4, 0.5) is 8.78 Å². The van der Waals surface area contributed by atoms with Gasteiger partial charge >= 0.3 is 5.97 Å². The summed E-state index contributed by atoms with van der Waals surface area (Å²) < 4.78 is 27.5. The number of halogens is 3. The van der Waals surface area contributed by atoms with Crippen LogP contribution in [-0.4, -0.2) is 17.0 Å². The second-order valence-electron chi connectivity index (χ2n) is 7.13. The predicted octanol–water partition coefficient (Wildman–Crippen LogP) is 3.26. The van der Waals surface area contributed by atoms with Gasteiger partial charge in [-0.1, -0.05) is 12.2 Å². The van der Waals surface area contributed by atoms with Gasteiger partial charge in [-0.25, -0.2) is 8.78 Å². The maximum Gasteiger partial charge on any atom is 0.307 e. The number of nitrogens with one attached hydrogen (secondary N) is 1. The summed E-state index contributed by atoms with van der Waals surface area (Å²) in [4.78, 5) is 24.4. The van der Waals surface area contributed by atoms with Gasteiger partial charge in [-0.2, -0.15) is 0 Å². The highest BCUT2D eigenvalue weighted by atomic mass is 79.9. The third kappa shape index (κ3) is 2.43. The molecule has 25 heavy (non-hydrogen) atoms. The summed E-state index contributed by atoms with van der Waals surface area (Å²) in [6.07, 6.45) is 5.77. The molecule has 0 radical (unpaired) electrons. The highest BCUT2D eigenvalue weighted by molar-refractivity contribution is 9.10. The SMILES string of the molecule is O=C(NCc1cc(F)c(Br)cc1F)C1[C@H](C(=O)O)[C@H]2C=C[C@@H]1C21CC1. The highest BCUT2D eigenvalue weighted by Crippen LogP contribution is 2.72. The zero-order valence-corrected chi connectivity index (χ0v) is 14.7. The van der Waals surface area contributed by atoms with Crippen LogP contribution in [0.1, 0.15) is 18.4 Å². The lowest BCUT2D eigenvalue weighted by molar-refractivity contribution is -0.147. The second kappa shape index (κ2) is 5.62. The minimum atomic E-state index is -0.968. The molecule has 132 valence electrons. The van der Waals surface area contributed by atoms with E-state index in [1.807, 2.05) is 12.2 Å². The van der Waals surface area contributed by atoms with Crippen LogP contribution in [0.3, 0.4) is 0 Å². The smallest absolute Gasteiger partial charge is 0.307 e. The molecule has 2 saturated carbocycles. The maximum absolute atomic E-state index is 13.9. The molecule has 1 amide bonds. The number of rotatable bonds is 4. The lowest BCUT2D eigenvalue weighted by atomic mass is 9.82. The maximum atomic E-state index is 13.9. The summed E-state index contributed by atoms with van der Waals surface area (Å²) in [7, 11) is 0. The van der Waals surface area contributed by atoms with Crippen LogP contribution in [0.15, 0.2) is 28.8 Å². The molecule has 0 aromatic heterocycles. The van der Waals surface area contributed by atoms with E-state index in [4.69, 9.17) is 0 Å². The fourth-order valence-electron chi connectivity index (χ4n) is 4.69. The molecular weight excluding hydrogens is 396 g/mol. The van der Waals surface area contributed by atoms with E-state index in [0.717, 1.165) is 25.0 Å². The molecule has 3 aliphatic rings. The molecule has 3 aliphatic carbocycles. The van der Waals surface area contributed by atoms with Crippen molar-refractivity contribution in [3.8, 4) is 0 Å². The zero-order valence-electron chi connectivity index (χ0n) is 13.1. The number of carboxylic acids is 1. The molecule has 4 nitrogen and oxygen atoms in total. The third-order valence-electron chi connectivity index (χ3n) is 5.97. The van der Waals surface area contributed by atoms with Crippen molar-refractivity contribution < 1.29 is 23.5 Å². The van der Waals surface area contributed by atoms with Gasteiger partial charge in [-0.15, -0.1) is 0 Å². The Balaban J connectivity index is 1.52. The van der Waals surface area contributed by atoms with Gasteiger partial charge in [0, 0.05) is 12.1 Å². The highest BCUT2D eigenvalue weighted by Gasteiger charge is 2.70. The number of benzene rings is 1. The average molecular weight is 412 g/mol. The van der Waals surface area contributed by atoms with Crippen molar-refractivity contribution in [1.82, 2.24) is 5.32 Å². The lowest BCUT2D eigenvalue weighted by Gasteiger charge is -2.23. The molecule has 2 bridgehead atoms. The Bertz CT molecular complexity index is 806. The molecular formula is C18H16BrF2NO3. The molecule has 7 heteroatoms. The minimum absolute atomic E-state index is 0.0138. The van der Waals surface area contributed by atoms with Crippen LogP contribution < -0.4 is 5.32 Å². The summed E-state index contributed by atoms with van der Waals surface area (Å²) >= 11 is 2.90. The van der Waals surface area contributed by atoms with E-state index in [9.17, 15) is 23.5 Å². The number of hydrogen-bond donors (Lipinski definition) is 2. The van der Waals surface area contributed by atoms with Crippen molar-refractivity contribution >= 4 is 27.8 Å². The number of carboxylic acid groups (broad SMARTS) is 1. The molecule has 1 aromatic carbocycles. The van der Waals surface area contributed by atoms with E-state index in [0.29, 0.717) is 0 Å². The molecule has 0 aliphatic heterocycles. The van der Waals surface area contributed by atoms with E-state index < -0.39 is 35.3 Å². The first-order valence-corrected chi connectivity index (χ1v) is 8.97. The van der Waals surface area contributed by atoms with Gasteiger partial charge in [0.15, 0.2) is 0 Å². The molecule has 4 atom stereocenters. The van der Waals surface area contributed by atoms with Crippen LogP contribution in [0, 0.1) is 40.7 Å². The summed E-state index contributed by atoms with van der Waals surface area (Å²) in [5, 5.41) is 12.2. The van der Waals surface area contributed by atoms with Crippen molar-refractivity contribution in [3.63, 3.8) is 0 Å². The van der Waals surface area contributed by atoms with Crippen molar-refractivity contribution in [2.75, 3.05) is 0 Å². The Morgan fingerprint density at radius 2 is 1.80 bits per heavy atom. The molecule has 2 N–H and O–H groups in total. The summed E-state index contributed by atoms with van der Waals surface area (Å²) in [5.41, 5.74) is -0.0409. The van der Waals surface area contributed by atoms with Gasteiger partial charge in [0.05, 0.1) is 16.3 Å². The average Bonchev–Trinajstić information content (AvgIpc) is 3.22. The molecule has 1 spiro atoms. The van der Waals surface area contributed by atoms with Crippen LogP contribution in [-0.2, 0) is 16.1 Å². The predicted molar refractivity (Wildman–Crippen MR) is 88.3 cm³/mol. The number of carbonyl (C=O) groups excluding carboxylic acids is 1. The summed E-state index contributed by atoms with van der Waals surface area (Å²) in [6.45, 7) is -0.175. The van der Waals surface area contributed by atoms with Crippen molar-refractivity contribution in [2.24, 2.45) is 29.1 Å². The third-order valence-corrected chi connectivity index (χ3v) is 6.58. The number of hydrogen-bond acceptors (Lipinski definition) is 2. The van der Waals surface area contributed by atoms with Crippen molar-refractivity contribution in [3.05, 3.63) is 46.0 Å². The van der Waals surface area contributed by atoms with Crippen LogP contribution in [0.25, 0.3) is 0 Å². The Morgan fingerprint density at radius 3 is 2.40 bits per heavy atom. The van der Waals surface area contributed by atoms with Crippen molar-refractivity contribution in [1.29, 1.82) is 0 Å². The largest absolute Gasteiger partial charge is 0.481 e. The van der Waals surface area contributed by atoms with Crippen LogP contribution in [0.2, 0.25) is 0 Å². The summed E-state index contributed by atoms with van der Waals surface area (Å²) in [6, 6.07) is 2.04. The molecule has 0 heterocycles. The zero-order chi connectivity index (χ0) is 17.9. The molecule has 0 saturated heterocycles. The van der Waals surface area contributed by atoms with E-state index >= 15 is 0 Å². The molecule has 1 unspecified atom stereocenters. The monoisotopic (exact) mass is 411 g/mol. The normalized spacial score (nSPS) is 30.7. The molecule has 4 rings (SSSR count). The van der Waals surface area contributed by atoms with E-state index in [1.165, 1.54) is 0 Å². The Labute approximate surface area is 151 Å². The van der Waals surface area contributed by atoms with E-state index in [2.05, 4.69) is 21.2 Å². The summed E-state index contributed by atoms with van der Waals surface area (Å²) in [5.74, 6) is -4.20. The fourth-order valence-corrected chi connectivity index (χ4v) is 5.01. The van der Waals surface area contributed by atoms with Gasteiger partial charge in [0.2, 0.25) is 5.91 Å². The topological polar surface area (TPSA) is 66.4 Å². The quantitative estimate of drug-likeness (QED) is 0.590. The first kappa shape index (κ1) is 16.7. The fraction of sp³-hybridized carbons (Fsp3) is 0.444. The second-order valence-corrected chi connectivity index (χ2v) is 7.99. The molecule has 2 fully saturated rings. The first-order valence-electron chi connectivity index (χ1n) is 8.17.